The number of hydrogen-bond acceptors (Lipinski definition) is 5. The Morgan fingerprint density at radius 2 is 1.73 bits per heavy atom. The van der Waals surface area contributed by atoms with Crippen LogP contribution in [0.25, 0.3) is 0 Å². The van der Waals surface area contributed by atoms with Crippen LogP contribution < -0.4 is 10.2 Å². The van der Waals surface area contributed by atoms with Crippen LogP contribution >= 0.6 is 0 Å². The maximum absolute atomic E-state index is 10.6. The molecule has 6 nitrogen and oxygen atoms in total. The molecule has 2 rings (SSSR count). The highest BCUT2D eigenvalue weighted by molar-refractivity contribution is 5.66. The van der Waals surface area contributed by atoms with Gasteiger partial charge >= 0.3 is 5.97 Å². The first-order chi connectivity index (χ1) is 14.3. The summed E-state index contributed by atoms with van der Waals surface area (Å²) in [5, 5.41) is 21.1. The molecule has 0 fully saturated rings. The number of anilines is 2. The molecule has 0 aromatic heterocycles. The zero-order chi connectivity index (χ0) is 22.0. The Balaban J connectivity index is 1.94. The highest BCUT2D eigenvalue weighted by atomic mass is 16.4. The maximum Gasteiger partial charge on any atom is 0.303 e. The second-order valence-electron chi connectivity index (χ2n) is 8.37. The van der Waals surface area contributed by atoms with E-state index in [1.807, 2.05) is 50.5 Å². The van der Waals surface area contributed by atoms with Gasteiger partial charge in [-0.05, 0) is 48.7 Å². The van der Waals surface area contributed by atoms with Crippen molar-refractivity contribution in [1.29, 1.82) is 0 Å². The van der Waals surface area contributed by atoms with Crippen molar-refractivity contribution >= 4 is 23.0 Å². The SMILES string of the molecule is CN(C)c1ccc(N=NCC(C)(C)c2ccccc2NCCCCCC(=O)O)cc1. The Morgan fingerprint density at radius 3 is 2.40 bits per heavy atom. The summed E-state index contributed by atoms with van der Waals surface area (Å²) in [6, 6.07) is 16.3. The molecule has 0 saturated carbocycles. The molecule has 0 spiro atoms. The minimum Gasteiger partial charge on any atom is -0.481 e. The van der Waals surface area contributed by atoms with Crippen molar-refractivity contribution in [1.82, 2.24) is 0 Å². The molecule has 2 aromatic carbocycles. The average Bonchev–Trinajstić information content (AvgIpc) is 2.71. The predicted octanol–water partition coefficient (Wildman–Crippen LogP) is 5.87. The van der Waals surface area contributed by atoms with Gasteiger partial charge in [0.2, 0.25) is 0 Å². The number of carbonyl (C=O) groups is 1. The number of benzene rings is 2. The highest BCUT2D eigenvalue weighted by Gasteiger charge is 2.23. The summed E-state index contributed by atoms with van der Waals surface area (Å²) >= 11 is 0. The molecule has 0 amide bonds. The molecule has 6 heteroatoms. The van der Waals surface area contributed by atoms with E-state index in [1.165, 1.54) is 5.56 Å². The average molecular weight is 411 g/mol. The van der Waals surface area contributed by atoms with E-state index < -0.39 is 5.97 Å². The second-order valence-corrected chi connectivity index (χ2v) is 8.37. The molecule has 0 radical (unpaired) electrons. The molecule has 0 unspecified atom stereocenters. The summed E-state index contributed by atoms with van der Waals surface area (Å²) in [7, 11) is 4.03. The zero-order valence-corrected chi connectivity index (χ0v) is 18.6. The normalized spacial score (nSPS) is 11.6. The van der Waals surface area contributed by atoms with Crippen LogP contribution in [0.5, 0.6) is 0 Å². The fourth-order valence-corrected chi connectivity index (χ4v) is 3.22. The molecule has 162 valence electrons. The summed E-state index contributed by atoms with van der Waals surface area (Å²) in [5.74, 6) is -0.724. The van der Waals surface area contributed by atoms with Gasteiger partial charge in [0.05, 0.1) is 12.2 Å². The molecule has 0 saturated heterocycles. The molecule has 2 aromatic rings. The van der Waals surface area contributed by atoms with Gasteiger partial charge in [0, 0.05) is 43.9 Å². The fraction of sp³-hybridized carbons (Fsp3) is 0.458. The lowest BCUT2D eigenvalue weighted by molar-refractivity contribution is -0.137. The van der Waals surface area contributed by atoms with Crippen LogP contribution in [0.3, 0.4) is 0 Å². The third-order valence-electron chi connectivity index (χ3n) is 5.06. The summed E-state index contributed by atoms with van der Waals surface area (Å²) in [6.07, 6.45) is 2.82. The van der Waals surface area contributed by atoms with E-state index in [2.05, 4.69) is 46.4 Å². The van der Waals surface area contributed by atoms with Crippen LogP contribution in [0.4, 0.5) is 17.1 Å². The lowest BCUT2D eigenvalue weighted by atomic mass is 9.83. The van der Waals surface area contributed by atoms with Crippen LogP contribution in [-0.4, -0.2) is 38.3 Å². The maximum atomic E-state index is 10.6. The van der Waals surface area contributed by atoms with Gasteiger partial charge in [-0.3, -0.25) is 4.79 Å². The fourth-order valence-electron chi connectivity index (χ4n) is 3.22. The molecule has 30 heavy (non-hydrogen) atoms. The van der Waals surface area contributed by atoms with E-state index >= 15 is 0 Å². The molecular weight excluding hydrogens is 376 g/mol. The number of unbranched alkanes of at least 4 members (excludes halogenated alkanes) is 2. The van der Waals surface area contributed by atoms with Gasteiger partial charge in [0.15, 0.2) is 0 Å². The van der Waals surface area contributed by atoms with Gasteiger partial charge in [0.25, 0.3) is 0 Å². The monoisotopic (exact) mass is 410 g/mol. The molecule has 0 atom stereocenters. The van der Waals surface area contributed by atoms with E-state index in [0.29, 0.717) is 6.54 Å². The van der Waals surface area contributed by atoms with Gasteiger partial charge in [-0.1, -0.05) is 38.5 Å². The molecule has 0 heterocycles. The molecule has 2 N–H and O–H groups in total. The minimum atomic E-state index is -0.724. The number of para-hydroxylation sites is 1. The Hall–Kier alpha value is -2.89. The van der Waals surface area contributed by atoms with Crippen molar-refractivity contribution in [2.45, 2.75) is 44.9 Å². The Kier molecular flexibility index (Phi) is 8.84. The first-order valence-corrected chi connectivity index (χ1v) is 10.5. The molecule has 0 aliphatic heterocycles. The van der Waals surface area contributed by atoms with Gasteiger partial charge in [-0.2, -0.15) is 10.2 Å². The molecule has 0 bridgehead atoms. The minimum absolute atomic E-state index is 0.167. The van der Waals surface area contributed by atoms with E-state index in [-0.39, 0.29) is 11.8 Å². The topological polar surface area (TPSA) is 77.3 Å². The number of aliphatic carboxylic acids is 1. The van der Waals surface area contributed by atoms with Crippen molar-refractivity contribution < 1.29 is 9.90 Å². The van der Waals surface area contributed by atoms with Crippen molar-refractivity contribution in [2.75, 3.05) is 37.4 Å². The Labute approximate surface area is 180 Å². The van der Waals surface area contributed by atoms with E-state index in [4.69, 9.17) is 5.11 Å². The summed E-state index contributed by atoms with van der Waals surface area (Å²) in [6.45, 7) is 5.76. The van der Waals surface area contributed by atoms with Crippen molar-refractivity contribution in [3.8, 4) is 0 Å². The Morgan fingerprint density at radius 1 is 1.03 bits per heavy atom. The molecule has 0 aliphatic rings. The third-order valence-corrected chi connectivity index (χ3v) is 5.06. The molecular formula is C24H34N4O2. The zero-order valence-electron chi connectivity index (χ0n) is 18.6. The highest BCUT2D eigenvalue weighted by Crippen LogP contribution is 2.31. The quantitative estimate of drug-likeness (QED) is 0.339. The van der Waals surface area contributed by atoms with Crippen LogP contribution in [0.2, 0.25) is 0 Å². The van der Waals surface area contributed by atoms with E-state index in [1.54, 1.807) is 0 Å². The van der Waals surface area contributed by atoms with Crippen molar-refractivity contribution in [3.05, 3.63) is 54.1 Å². The largest absolute Gasteiger partial charge is 0.481 e. The number of carboxylic acids is 1. The Bertz CT molecular complexity index is 829. The third kappa shape index (κ3) is 7.50. The van der Waals surface area contributed by atoms with Gasteiger partial charge < -0.3 is 15.3 Å². The first kappa shape index (κ1) is 23.4. The number of nitrogens with zero attached hydrogens (tertiary/aromatic N) is 3. The van der Waals surface area contributed by atoms with E-state index in [9.17, 15) is 4.79 Å². The van der Waals surface area contributed by atoms with Crippen LogP contribution in [0.1, 0.15) is 45.1 Å². The summed E-state index contributed by atoms with van der Waals surface area (Å²) < 4.78 is 0. The number of hydrogen-bond donors (Lipinski definition) is 2. The van der Waals surface area contributed by atoms with E-state index in [0.717, 1.165) is 42.9 Å². The van der Waals surface area contributed by atoms with Crippen molar-refractivity contribution in [2.24, 2.45) is 10.2 Å². The van der Waals surface area contributed by atoms with Crippen LogP contribution in [0, 0.1) is 0 Å². The number of carboxylic acid groups (broad SMARTS) is 1. The standard InChI is InChI=1S/C24H34N4O2/c1-24(2,18-26-27-19-13-15-20(16-14-19)28(3)4)21-10-7-8-11-22(21)25-17-9-5-6-12-23(29)30/h7-8,10-11,13-16,25H,5-6,9,12,17-18H2,1-4H3,(H,29,30). The number of nitrogens with one attached hydrogen (secondary N) is 1. The lowest BCUT2D eigenvalue weighted by Crippen LogP contribution is -2.23. The second kappa shape index (κ2) is 11.3. The van der Waals surface area contributed by atoms with Crippen LogP contribution in [-0.2, 0) is 10.2 Å². The van der Waals surface area contributed by atoms with Gasteiger partial charge in [-0.15, -0.1) is 0 Å². The number of azo groups is 1. The lowest BCUT2D eigenvalue weighted by Gasteiger charge is -2.26. The van der Waals surface area contributed by atoms with Crippen LogP contribution in [0.15, 0.2) is 58.8 Å². The number of rotatable bonds is 12. The van der Waals surface area contributed by atoms with Crippen molar-refractivity contribution in [3.63, 3.8) is 0 Å². The predicted molar refractivity (Wildman–Crippen MR) is 124 cm³/mol. The smallest absolute Gasteiger partial charge is 0.303 e. The summed E-state index contributed by atoms with van der Waals surface area (Å²) in [4.78, 5) is 12.6. The molecule has 0 aliphatic carbocycles. The van der Waals surface area contributed by atoms with Gasteiger partial charge in [0.1, 0.15) is 0 Å². The van der Waals surface area contributed by atoms with Gasteiger partial charge in [-0.25, -0.2) is 0 Å². The first-order valence-electron chi connectivity index (χ1n) is 10.5. The summed E-state index contributed by atoms with van der Waals surface area (Å²) in [5.41, 5.74) is 4.13.